The minimum Gasteiger partial charge on any atom is -0.361 e. The third kappa shape index (κ3) is 3.59. The van der Waals surface area contributed by atoms with E-state index in [4.69, 9.17) is 5.14 Å². The second-order valence-corrected chi connectivity index (χ2v) is 8.67. The lowest BCUT2D eigenvalue weighted by molar-refractivity contribution is 0.140. The fraction of sp³-hybridized carbons (Fsp3) is 0.364. The van der Waals surface area contributed by atoms with Crippen molar-refractivity contribution in [3.8, 4) is 0 Å². The van der Waals surface area contributed by atoms with Gasteiger partial charge < -0.3 is 4.98 Å². The Bertz CT molecular complexity index is 994. The van der Waals surface area contributed by atoms with Gasteiger partial charge >= 0.3 is 0 Å². The predicted octanol–water partition coefficient (Wildman–Crippen LogP) is 4.49. The van der Waals surface area contributed by atoms with Crippen molar-refractivity contribution in [2.45, 2.75) is 50.6 Å². The van der Waals surface area contributed by atoms with Gasteiger partial charge in [-0.2, -0.15) is 0 Å². The number of benzene rings is 2. The first-order valence-electron chi connectivity index (χ1n) is 9.61. The predicted molar refractivity (Wildman–Crippen MR) is 112 cm³/mol. The molecule has 0 saturated carbocycles. The molecule has 0 bridgehead atoms. The van der Waals surface area contributed by atoms with Gasteiger partial charge in [0.1, 0.15) is 11.0 Å². The van der Waals surface area contributed by atoms with Gasteiger partial charge in [0, 0.05) is 29.7 Å². The van der Waals surface area contributed by atoms with E-state index in [1.165, 1.54) is 46.0 Å². The quantitative estimate of drug-likeness (QED) is 0.699. The van der Waals surface area contributed by atoms with Crippen molar-refractivity contribution < 1.29 is 4.21 Å². The third-order valence-corrected chi connectivity index (χ3v) is 6.54. The van der Waals surface area contributed by atoms with Gasteiger partial charge in [-0.05, 0) is 73.7 Å². The first-order chi connectivity index (χ1) is 13.0. The smallest absolute Gasteiger partial charge is 0.122 e. The first-order valence-corrected chi connectivity index (χ1v) is 10.8. The molecule has 0 aliphatic carbocycles. The van der Waals surface area contributed by atoms with Crippen molar-refractivity contribution in [3.63, 3.8) is 0 Å². The van der Waals surface area contributed by atoms with Crippen LogP contribution < -0.4 is 5.14 Å². The molecular weight excluding hydrogens is 354 g/mol. The molecule has 3 aromatic rings. The summed E-state index contributed by atoms with van der Waals surface area (Å²) in [7, 11) is -1.43. The highest BCUT2D eigenvalue weighted by molar-refractivity contribution is 7.82. The molecular formula is C22H27N3OS. The lowest BCUT2D eigenvalue weighted by Crippen LogP contribution is -2.33. The van der Waals surface area contributed by atoms with E-state index in [1.54, 1.807) is 0 Å². The largest absolute Gasteiger partial charge is 0.361 e. The Kier molecular flexibility index (Phi) is 5.17. The van der Waals surface area contributed by atoms with Gasteiger partial charge in [0.25, 0.3) is 0 Å². The van der Waals surface area contributed by atoms with Crippen LogP contribution in [0, 0.1) is 13.8 Å². The summed E-state index contributed by atoms with van der Waals surface area (Å²) in [5, 5.41) is 6.94. The monoisotopic (exact) mass is 381 g/mol. The Balaban J connectivity index is 1.69. The van der Waals surface area contributed by atoms with E-state index in [0.717, 1.165) is 19.5 Å². The third-order valence-electron chi connectivity index (χ3n) is 5.83. The summed E-state index contributed by atoms with van der Waals surface area (Å²) in [6.45, 7) is 6.39. The number of hydrogen-bond acceptors (Lipinski definition) is 2. The molecule has 2 aromatic carbocycles. The number of H-pyrrole nitrogens is 1. The van der Waals surface area contributed by atoms with Crippen LogP contribution in [0.1, 0.15) is 47.6 Å². The number of likely N-dealkylation sites (tertiary alicyclic amines) is 1. The average Bonchev–Trinajstić information content (AvgIpc) is 3.16. The minimum atomic E-state index is -1.43. The van der Waals surface area contributed by atoms with E-state index in [1.807, 2.05) is 24.4 Å². The standard InChI is InChI=1S/C22H27N3OS/c1-15-12-16(2)22-19(9-10-24-22)20(15)14-25-11-4-3-8-21(25)17-6-5-7-18(13-17)27(23)26/h5-7,9-10,12-13,21,24H,3-4,8,11,14,23H2,1-2H3. The number of fused-ring (bicyclic) bond motifs is 1. The van der Waals surface area contributed by atoms with E-state index in [-0.39, 0.29) is 0 Å². The summed E-state index contributed by atoms with van der Waals surface area (Å²) in [6.07, 6.45) is 5.61. The summed E-state index contributed by atoms with van der Waals surface area (Å²) < 4.78 is 11.7. The normalized spacial score (nSPS) is 19.4. The molecule has 1 aliphatic rings. The Labute approximate surface area is 163 Å². The number of piperidine rings is 1. The van der Waals surface area contributed by atoms with Crippen LogP contribution in [-0.4, -0.2) is 20.6 Å². The van der Waals surface area contributed by atoms with Gasteiger partial charge in [-0.25, -0.2) is 9.35 Å². The molecule has 2 heterocycles. The number of nitrogens with two attached hydrogens (primary N) is 1. The van der Waals surface area contributed by atoms with Crippen molar-refractivity contribution in [1.82, 2.24) is 9.88 Å². The molecule has 1 fully saturated rings. The zero-order chi connectivity index (χ0) is 19.0. The highest BCUT2D eigenvalue weighted by atomic mass is 32.2. The maximum absolute atomic E-state index is 11.7. The van der Waals surface area contributed by atoms with Crippen molar-refractivity contribution in [2.75, 3.05) is 6.54 Å². The Morgan fingerprint density at radius 1 is 1.19 bits per heavy atom. The van der Waals surface area contributed by atoms with Crippen molar-refractivity contribution in [3.05, 3.63) is 64.8 Å². The van der Waals surface area contributed by atoms with Crippen LogP contribution >= 0.6 is 0 Å². The Morgan fingerprint density at radius 3 is 2.85 bits per heavy atom. The van der Waals surface area contributed by atoms with Crippen molar-refractivity contribution >= 4 is 21.9 Å². The molecule has 142 valence electrons. The van der Waals surface area contributed by atoms with Crippen LogP contribution in [0.3, 0.4) is 0 Å². The maximum atomic E-state index is 11.7. The maximum Gasteiger partial charge on any atom is 0.122 e. The highest BCUT2D eigenvalue weighted by Crippen LogP contribution is 2.35. The van der Waals surface area contributed by atoms with Gasteiger partial charge in [0.05, 0.1) is 4.90 Å². The number of aromatic nitrogens is 1. The fourth-order valence-corrected chi connectivity index (χ4v) is 4.93. The van der Waals surface area contributed by atoms with Gasteiger partial charge in [-0.3, -0.25) is 4.90 Å². The van der Waals surface area contributed by atoms with Crippen LogP contribution in [0.25, 0.3) is 10.9 Å². The van der Waals surface area contributed by atoms with Crippen LogP contribution in [0.2, 0.25) is 0 Å². The minimum absolute atomic E-state index is 0.344. The lowest BCUT2D eigenvalue weighted by Gasteiger charge is -2.36. The molecule has 4 rings (SSSR count). The molecule has 1 saturated heterocycles. The summed E-state index contributed by atoms with van der Waals surface area (Å²) in [5.74, 6) is 0. The SMILES string of the molecule is Cc1cc(C)c2[nH]ccc2c1CN1CCCCC1c1cccc(S(N)=O)c1. The zero-order valence-corrected chi connectivity index (χ0v) is 16.8. The van der Waals surface area contributed by atoms with Crippen molar-refractivity contribution in [1.29, 1.82) is 0 Å². The second kappa shape index (κ2) is 7.58. The van der Waals surface area contributed by atoms with Gasteiger partial charge in [0.15, 0.2) is 0 Å². The van der Waals surface area contributed by atoms with E-state index in [2.05, 4.69) is 41.9 Å². The number of aryl methyl sites for hydroxylation is 2. The van der Waals surface area contributed by atoms with Crippen LogP contribution in [0.5, 0.6) is 0 Å². The van der Waals surface area contributed by atoms with Crippen LogP contribution in [0.4, 0.5) is 0 Å². The van der Waals surface area contributed by atoms with E-state index in [0.29, 0.717) is 10.9 Å². The number of nitrogens with zero attached hydrogens (tertiary/aromatic N) is 1. The van der Waals surface area contributed by atoms with Gasteiger partial charge in [0.2, 0.25) is 0 Å². The second-order valence-electron chi connectivity index (χ2n) is 7.61. The number of hydrogen-bond donors (Lipinski definition) is 2. The molecule has 0 radical (unpaired) electrons. The zero-order valence-electron chi connectivity index (χ0n) is 16.0. The molecule has 3 N–H and O–H groups in total. The van der Waals surface area contributed by atoms with Crippen LogP contribution in [-0.2, 0) is 17.5 Å². The molecule has 0 amide bonds. The topological polar surface area (TPSA) is 62.1 Å². The van der Waals surface area contributed by atoms with E-state index in [9.17, 15) is 4.21 Å². The first kappa shape index (κ1) is 18.4. The summed E-state index contributed by atoms with van der Waals surface area (Å²) >= 11 is 0. The highest BCUT2D eigenvalue weighted by Gasteiger charge is 2.25. The van der Waals surface area contributed by atoms with Crippen LogP contribution in [0.15, 0.2) is 47.5 Å². The number of nitrogens with one attached hydrogen (secondary N) is 1. The molecule has 5 heteroatoms. The molecule has 27 heavy (non-hydrogen) atoms. The van der Waals surface area contributed by atoms with Crippen molar-refractivity contribution in [2.24, 2.45) is 5.14 Å². The molecule has 4 nitrogen and oxygen atoms in total. The number of rotatable bonds is 4. The van der Waals surface area contributed by atoms with Gasteiger partial charge in [-0.1, -0.05) is 24.6 Å². The van der Waals surface area contributed by atoms with Gasteiger partial charge in [-0.15, -0.1) is 0 Å². The average molecular weight is 382 g/mol. The molecule has 0 spiro atoms. The summed E-state index contributed by atoms with van der Waals surface area (Å²) in [4.78, 5) is 6.67. The lowest BCUT2D eigenvalue weighted by atomic mass is 9.93. The number of aromatic amines is 1. The molecule has 2 atom stereocenters. The Hall–Kier alpha value is -1.95. The fourth-order valence-electron chi connectivity index (χ4n) is 4.46. The Morgan fingerprint density at radius 2 is 2.04 bits per heavy atom. The summed E-state index contributed by atoms with van der Waals surface area (Å²) in [5.41, 5.74) is 6.51. The van der Waals surface area contributed by atoms with E-state index < -0.39 is 11.0 Å². The molecule has 1 aliphatic heterocycles. The van der Waals surface area contributed by atoms with E-state index >= 15 is 0 Å². The molecule has 2 unspecified atom stereocenters. The summed E-state index contributed by atoms with van der Waals surface area (Å²) in [6, 6.07) is 12.8. The molecule has 1 aromatic heterocycles.